The Hall–Kier alpha value is -3.67. The van der Waals surface area contributed by atoms with E-state index >= 15 is 0 Å². The second-order valence-electron chi connectivity index (χ2n) is 8.49. The fourth-order valence-corrected chi connectivity index (χ4v) is 4.70. The number of benzene rings is 1. The zero-order valence-corrected chi connectivity index (χ0v) is 19.9. The number of methoxy groups -OCH3 is 2. The summed E-state index contributed by atoms with van der Waals surface area (Å²) in [6, 6.07) is 3.84. The van der Waals surface area contributed by atoms with E-state index in [1.807, 2.05) is 0 Å². The van der Waals surface area contributed by atoms with Gasteiger partial charge in [-0.1, -0.05) is 0 Å². The molecule has 36 heavy (non-hydrogen) atoms. The van der Waals surface area contributed by atoms with Gasteiger partial charge in [0.05, 0.1) is 38.2 Å². The molecule has 1 aromatic carbocycles. The zero-order valence-electron chi connectivity index (χ0n) is 19.9. The molecule has 0 saturated carbocycles. The van der Waals surface area contributed by atoms with Gasteiger partial charge in [-0.2, -0.15) is 0 Å². The van der Waals surface area contributed by atoms with Crippen LogP contribution in [0.5, 0.6) is 11.5 Å². The second kappa shape index (κ2) is 10.9. The Morgan fingerprint density at radius 2 is 2.08 bits per heavy atom. The third kappa shape index (κ3) is 4.72. The van der Waals surface area contributed by atoms with Crippen molar-refractivity contribution in [1.29, 1.82) is 0 Å². The predicted octanol–water partition coefficient (Wildman–Crippen LogP) is 0.399. The van der Waals surface area contributed by atoms with E-state index in [1.165, 1.54) is 43.8 Å². The van der Waals surface area contributed by atoms with Gasteiger partial charge < -0.3 is 39.1 Å². The van der Waals surface area contributed by atoms with Gasteiger partial charge in [0.2, 0.25) is 11.8 Å². The third-order valence-corrected chi connectivity index (χ3v) is 6.29. The summed E-state index contributed by atoms with van der Waals surface area (Å²) in [5.74, 6) is -1.06. The number of carbonyl (C=O) groups excluding carboxylic acids is 3. The van der Waals surface area contributed by atoms with Crippen molar-refractivity contribution in [3.8, 4) is 11.5 Å². The molecule has 0 saturated heterocycles. The van der Waals surface area contributed by atoms with Gasteiger partial charge in [-0.15, -0.1) is 0 Å². The molecule has 0 unspecified atom stereocenters. The van der Waals surface area contributed by atoms with Crippen LogP contribution in [0.25, 0.3) is 0 Å². The lowest BCUT2D eigenvalue weighted by Crippen LogP contribution is -2.56. The zero-order chi connectivity index (χ0) is 25.8. The summed E-state index contributed by atoms with van der Waals surface area (Å²) >= 11 is 0. The van der Waals surface area contributed by atoms with Crippen LogP contribution < -0.4 is 14.8 Å². The maximum atomic E-state index is 13.2. The Morgan fingerprint density at radius 1 is 1.28 bits per heavy atom. The maximum Gasteiger partial charge on any atom is 0.249 e. The Morgan fingerprint density at radius 3 is 2.72 bits per heavy atom. The first-order valence-corrected chi connectivity index (χ1v) is 11.4. The first kappa shape index (κ1) is 25.4. The van der Waals surface area contributed by atoms with E-state index < -0.39 is 36.0 Å². The van der Waals surface area contributed by atoms with Crippen LogP contribution in [-0.2, 0) is 20.9 Å². The molecular formula is C25H28N2O9. The van der Waals surface area contributed by atoms with Gasteiger partial charge in [0.1, 0.15) is 25.1 Å². The lowest BCUT2D eigenvalue weighted by atomic mass is 9.77. The minimum absolute atomic E-state index is 0.00747. The van der Waals surface area contributed by atoms with Crippen molar-refractivity contribution in [1.82, 2.24) is 10.2 Å². The SMILES string of the molecule is COCC(=O)N(Cc1ccoc1)[C@@H]1C=C(C(=O)NCCO)[C@@H]2c3cc(C=O)cc(OC)c3O[C@@H]2[C@H]1O. The van der Waals surface area contributed by atoms with Crippen molar-refractivity contribution in [2.75, 3.05) is 34.0 Å². The molecule has 2 aliphatic rings. The number of fused-ring (bicyclic) bond motifs is 3. The highest BCUT2D eigenvalue weighted by Crippen LogP contribution is 2.51. The predicted molar refractivity (Wildman–Crippen MR) is 125 cm³/mol. The number of nitrogens with zero attached hydrogens (tertiary/aromatic N) is 1. The normalized spacial score (nSPS) is 22.1. The molecule has 2 amide bonds. The molecule has 11 heteroatoms. The fourth-order valence-electron chi connectivity index (χ4n) is 4.70. The van der Waals surface area contributed by atoms with E-state index in [2.05, 4.69) is 5.32 Å². The Kier molecular flexibility index (Phi) is 7.73. The first-order valence-electron chi connectivity index (χ1n) is 11.4. The van der Waals surface area contributed by atoms with Crippen LogP contribution in [0.1, 0.15) is 27.4 Å². The molecule has 2 aromatic rings. The molecule has 0 spiro atoms. The number of aldehydes is 1. The molecule has 3 N–H and O–H groups in total. The summed E-state index contributed by atoms with van der Waals surface area (Å²) in [7, 11) is 2.81. The Balaban J connectivity index is 1.81. The molecule has 1 aromatic heterocycles. The standard InChI is InChI=1S/C25H28N2O9/c1-33-13-20(30)27(10-14-3-6-35-12-14)18-9-17(25(32)26-4-5-28)21-16-7-15(11-29)8-19(34-2)23(16)36-24(21)22(18)31/h3,6-9,11-12,18,21-22,24,28,31H,4-5,10,13H2,1-2H3,(H,26,32)/t18-,21+,22+,24+/m1/s1. The molecule has 0 radical (unpaired) electrons. The van der Waals surface area contributed by atoms with E-state index in [0.717, 1.165) is 0 Å². The monoisotopic (exact) mass is 500 g/mol. The number of hydrogen-bond donors (Lipinski definition) is 3. The second-order valence-corrected chi connectivity index (χ2v) is 8.49. The van der Waals surface area contributed by atoms with Crippen LogP contribution in [0.2, 0.25) is 0 Å². The summed E-state index contributed by atoms with van der Waals surface area (Å²) in [5.41, 5.74) is 1.74. The highest BCUT2D eigenvalue weighted by atomic mass is 16.5. The quantitative estimate of drug-likeness (QED) is 0.394. The van der Waals surface area contributed by atoms with Crippen LogP contribution in [0.4, 0.5) is 0 Å². The van der Waals surface area contributed by atoms with E-state index in [1.54, 1.807) is 12.1 Å². The van der Waals surface area contributed by atoms with Gasteiger partial charge in [0.25, 0.3) is 0 Å². The number of rotatable bonds is 10. The van der Waals surface area contributed by atoms with E-state index in [0.29, 0.717) is 28.7 Å². The largest absolute Gasteiger partial charge is 0.493 e. The molecular weight excluding hydrogens is 472 g/mol. The summed E-state index contributed by atoms with van der Waals surface area (Å²) in [6.07, 6.45) is 2.95. The Bertz CT molecular complexity index is 1140. The number of hydrogen-bond acceptors (Lipinski definition) is 9. The van der Waals surface area contributed by atoms with Gasteiger partial charge in [-0.25, -0.2) is 0 Å². The minimum Gasteiger partial charge on any atom is -0.493 e. The van der Waals surface area contributed by atoms with Gasteiger partial charge >= 0.3 is 0 Å². The molecule has 0 fully saturated rings. The lowest BCUT2D eigenvalue weighted by Gasteiger charge is -2.40. The molecule has 0 bridgehead atoms. The molecule has 1 aliphatic carbocycles. The molecule has 4 rings (SSSR count). The summed E-state index contributed by atoms with van der Waals surface area (Å²) in [4.78, 5) is 39.2. The molecule has 192 valence electrons. The van der Waals surface area contributed by atoms with Crippen LogP contribution in [0, 0.1) is 0 Å². The maximum absolute atomic E-state index is 13.2. The number of carbonyl (C=O) groups is 3. The van der Waals surface area contributed by atoms with Gasteiger partial charge in [0.15, 0.2) is 11.5 Å². The van der Waals surface area contributed by atoms with E-state index in [4.69, 9.17) is 18.6 Å². The average Bonchev–Trinajstić information content (AvgIpc) is 3.54. The van der Waals surface area contributed by atoms with Crippen molar-refractivity contribution in [3.63, 3.8) is 0 Å². The lowest BCUT2D eigenvalue weighted by molar-refractivity contribution is -0.141. The van der Waals surface area contributed by atoms with Crippen LogP contribution in [-0.4, -0.2) is 85.4 Å². The number of amides is 2. The van der Waals surface area contributed by atoms with E-state index in [-0.39, 0.29) is 37.6 Å². The van der Waals surface area contributed by atoms with Crippen molar-refractivity contribution < 1.29 is 43.2 Å². The number of furan rings is 1. The fraction of sp³-hybridized carbons (Fsp3) is 0.400. The van der Waals surface area contributed by atoms with E-state index in [9.17, 15) is 24.6 Å². The molecule has 4 atom stereocenters. The van der Waals surface area contributed by atoms with Crippen LogP contribution >= 0.6 is 0 Å². The van der Waals surface area contributed by atoms with Crippen molar-refractivity contribution >= 4 is 18.1 Å². The Labute approximate surface area is 207 Å². The van der Waals surface area contributed by atoms with Crippen LogP contribution in [0.3, 0.4) is 0 Å². The number of nitrogens with one attached hydrogen (secondary N) is 1. The third-order valence-electron chi connectivity index (χ3n) is 6.29. The highest BCUT2D eigenvalue weighted by Gasteiger charge is 2.51. The summed E-state index contributed by atoms with van der Waals surface area (Å²) in [6.45, 7) is -0.417. The van der Waals surface area contributed by atoms with Crippen LogP contribution in [0.15, 0.2) is 46.8 Å². The molecule has 1 aliphatic heterocycles. The highest BCUT2D eigenvalue weighted by molar-refractivity contribution is 5.96. The van der Waals surface area contributed by atoms with Gasteiger partial charge in [-0.05, 0) is 24.3 Å². The summed E-state index contributed by atoms with van der Waals surface area (Å²) in [5, 5.41) is 23.3. The molecule has 11 nitrogen and oxygen atoms in total. The molecule has 2 heterocycles. The van der Waals surface area contributed by atoms with Crippen molar-refractivity contribution in [2.45, 2.75) is 30.7 Å². The van der Waals surface area contributed by atoms with Gasteiger partial charge in [0, 0.05) is 42.5 Å². The van der Waals surface area contributed by atoms with Gasteiger partial charge in [-0.3, -0.25) is 14.4 Å². The van der Waals surface area contributed by atoms with Crippen molar-refractivity contribution in [2.24, 2.45) is 0 Å². The number of aliphatic hydroxyl groups is 2. The topological polar surface area (TPSA) is 148 Å². The summed E-state index contributed by atoms with van der Waals surface area (Å²) < 4.78 is 21.7. The smallest absolute Gasteiger partial charge is 0.249 e. The minimum atomic E-state index is -1.24. The number of ether oxygens (including phenoxy) is 3. The first-order chi connectivity index (χ1) is 17.4. The number of aliphatic hydroxyl groups excluding tert-OH is 2. The van der Waals surface area contributed by atoms with Crippen molar-refractivity contribution in [3.05, 3.63) is 59.1 Å². The average molecular weight is 501 g/mol.